The van der Waals surface area contributed by atoms with Crippen LogP contribution in [0.4, 0.5) is 11.6 Å². The molecular weight excluding hydrogens is 268 g/mol. The van der Waals surface area contributed by atoms with E-state index in [1.54, 1.807) is 0 Å². The average Bonchev–Trinajstić information content (AvgIpc) is 2.42. The van der Waals surface area contributed by atoms with E-state index in [1.807, 2.05) is 17.8 Å². The first-order chi connectivity index (χ1) is 9.56. The van der Waals surface area contributed by atoms with Gasteiger partial charge in [-0.25, -0.2) is 9.97 Å². The third-order valence-electron chi connectivity index (χ3n) is 2.78. The molecule has 1 unspecified atom stereocenters. The fourth-order valence-corrected chi connectivity index (χ4v) is 2.40. The van der Waals surface area contributed by atoms with Crippen molar-refractivity contribution in [3.8, 4) is 0 Å². The molecule has 0 spiro atoms. The van der Waals surface area contributed by atoms with Gasteiger partial charge in [0, 0.05) is 30.3 Å². The van der Waals surface area contributed by atoms with Crippen LogP contribution >= 0.6 is 11.8 Å². The molecule has 0 bridgehead atoms. The van der Waals surface area contributed by atoms with Crippen LogP contribution < -0.4 is 10.6 Å². The molecule has 1 heterocycles. The van der Waals surface area contributed by atoms with Gasteiger partial charge in [0.15, 0.2) is 0 Å². The number of nitrogens with zero attached hydrogens (tertiary/aromatic N) is 2. The summed E-state index contributed by atoms with van der Waals surface area (Å²) in [5.74, 6) is 5.31. The predicted octanol–water partition coefficient (Wildman–Crippen LogP) is 3.98. The Kier molecular flexibility index (Phi) is 7.73. The highest BCUT2D eigenvalue weighted by atomic mass is 32.2. The first kappa shape index (κ1) is 17.1. The van der Waals surface area contributed by atoms with Crippen LogP contribution in [-0.2, 0) is 0 Å². The summed E-state index contributed by atoms with van der Waals surface area (Å²) in [4.78, 5) is 9.19. The molecule has 0 aliphatic rings. The topological polar surface area (TPSA) is 49.8 Å². The highest BCUT2D eigenvalue weighted by Crippen LogP contribution is 2.18. The summed E-state index contributed by atoms with van der Waals surface area (Å²) >= 11 is 1.94. The molecule has 114 valence electrons. The molecule has 20 heavy (non-hydrogen) atoms. The van der Waals surface area contributed by atoms with Gasteiger partial charge in [-0.15, -0.1) is 0 Å². The van der Waals surface area contributed by atoms with Gasteiger partial charge in [0.05, 0.1) is 0 Å². The molecule has 0 aromatic carbocycles. The van der Waals surface area contributed by atoms with E-state index in [9.17, 15) is 0 Å². The van der Waals surface area contributed by atoms with E-state index in [1.165, 1.54) is 0 Å². The average molecular weight is 296 g/mol. The van der Waals surface area contributed by atoms with Crippen molar-refractivity contribution < 1.29 is 0 Å². The standard InChI is InChI=1S/C15H28N4S/c1-6-8-16-13-9-14(17-12(5)10-20-7-2)19-15(18-13)11(3)4/h9,11-12H,6-8,10H2,1-5H3,(H2,16,17,18,19). The second-order valence-electron chi connectivity index (χ2n) is 5.28. The molecule has 4 nitrogen and oxygen atoms in total. The van der Waals surface area contributed by atoms with Crippen LogP contribution in [0.3, 0.4) is 0 Å². The van der Waals surface area contributed by atoms with Crippen molar-refractivity contribution in [3.63, 3.8) is 0 Å². The predicted molar refractivity (Wildman–Crippen MR) is 91.0 cm³/mol. The van der Waals surface area contributed by atoms with Crippen molar-refractivity contribution >= 4 is 23.4 Å². The van der Waals surface area contributed by atoms with Crippen LogP contribution in [0.2, 0.25) is 0 Å². The van der Waals surface area contributed by atoms with Crippen LogP contribution in [0.5, 0.6) is 0 Å². The first-order valence-corrected chi connectivity index (χ1v) is 8.69. The molecular formula is C15H28N4S. The smallest absolute Gasteiger partial charge is 0.135 e. The largest absolute Gasteiger partial charge is 0.370 e. The van der Waals surface area contributed by atoms with Crippen molar-refractivity contribution in [3.05, 3.63) is 11.9 Å². The normalized spacial score (nSPS) is 12.5. The minimum Gasteiger partial charge on any atom is -0.370 e. The van der Waals surface area contributed by atoms with Gasteiger partial charge in [0.1, 0.15) is 17.5 Å². The first-order valence-electron chi connectivity index (χ1n) is 7.53. The van der Waals surface area contributed by atoms with Crippen molar-refractivity contribution in [1.82, 2.24) is 9.97 Å². The van der Waals surface area contributed by atoms with Crippen molar-refractivity contribution in [2.24, 2.45) is 0 Å². The number of hydrogen-bond acceptors (Lipinski definition) is 5. The summed E-state index contributed by atoms with van der Waals surface area (Å²) < 4.78 is 0. The molecule has 0 saturated carbocycles. The van der Waals surface area contributed by atoms with Crippen LogP contribution in [0, 0.1) is 0 Å². The monoisotopic (exact) mass is 296 g/mol. The number of thioether (sulfide) groups is 1. The van der Waals surface area contributed by atoms with E-state index in [4.69, 9.17) is 0 Å². The molecule has 1 rings (SSSR count). The molecule has 1 aromatic rings. The molecule has 1 aromatic heterocycles. The van der Waals surface area contributed by atoms with Gasteiger partial charge in [-0.05, 0) is 19.1 Å². The Morgan fingerprint density at radius 3 is 2.45 bits per heavy atom. The van der Waals surface area contributed by atoms with Gasteiger partial charge < -0.3 is 10.6 Å². The van der Waals surface area contributed by atoms with Gasteiger partial charge >= 0.3 is 0 Å². The second-order valence-corrected chi connectivity index (χ2v) is 6.60. The number of aromatic nitrogens is 2. The zero-order valence-electron chi connectivity index (χ0n) is 13.4. The summed E-state index contributed by atoms with van der Waals surface area (Å²) in [6.07, 6.45) is 1.09. The fraction of sp³-hybridized carbons (Fsp3) is 0.733. The number of anilines is 2. The Hall–Kier alpha value is -0.970. The van der Waals surface area contributed by atoms with Gasteiger partial charge in [0.2, 0.25) is 0 Å². The second kappa shape index (κ2) is 9.06. The number of nitrogens with one attached hydrogen (secondary N) is 2. The Morgan fingerprint density at radius 1 is 1.15 bits per heavy atom. The number of rotatable bonds is 9. The minimum atomic E-state index is 0.333. The summed E-state index contributed by atoms with van der Waals surface area (Å²) in [7, 11) is 0. The lowest BCUT2D eigenvalue weighted by Gasteiger charge is -2.16. The lowest BCUT2D eigenvalue weighted by Crippen LogP contribution is -2.20. The summed E-state index contributed by atoms with van der Waals surface area (Å²) in [5, 5.41) is 6.83. The minimum absolute atomic E-state index is 0.333. The van der Waals surface area contributed by atoms with E-state index in [0.29, 0.717) is 12.0 Å². The lowest BCUT2D eigenvalue weighted by atomic mass is 10.2. The van der Waals surface area contributed by atoms with Gasteiger partial charge in [-0.2, -0.15) is 11.8 Å². The molecule has 0 aliphatic carbocycles. The number of hydrogen-bond donors (Lipinski definition) is 2. The SMILES string of the molecule is CCCNc1cc(NC(C)CSCC)nc(C(C)C)n1. The Balaban J connectivity index is 2.79. The maximum atomic E-state index is 4.62. The summed E-state index contributed by atoms with van der Waals surface area (Å²) in [6, 6.07) is 2.42. The molecule has 5 heteroatoms. The van der Waals surface area contributed by atoms with Crippen LogP contribution in [0.25, 0.3) is 0 Å². The maximum absolute atomic E-state index is 4.62. The maximum Gasteiger partial charge on any atom is 0.135 e. The molecule has 0 fully saturated rings. The Morgan fingerprint density at radius 2 is 1.85 bits per heavy atom. The molecule has 0 radical (unpaired) electrons. The molecule has 0 saturated heterocycles. The Bertz CT molecular complexity index is 395. The molecule has 2 N–H and O–H groups in total. The highest BCUT2D eigenvalue weighted by molar-refractivity contribution is 7.99. The fourth-order valence-electron chi connectivity index (χ4n) is 1.73. The van der Waals surface area contributed by atoms with Crippen LogP contribution in [0.1, 0.15) is 52.8 Å². The van der Waals surface area contributed by atoms with E-state index in [-0.39, 0.29) is 0 Å². The third kappa shape index (κ3) is 5.99. The van der Waals surface area contributed by atoms with Crippen molar-refractivity contribution in [2.45, 2.75) is 53.0 Å². The van der Waals surface area contributed by atoms with E-state index in [2.05, 4.69) is 55.2 Å². The molecule has 0 amide bonds. The van der Waals surface area contributed by atoms with E-state index >= 15 is 0 Å². The third-order valence-corrected chi connectivity index (χ3v) is 3.93. The van der Waals surface area contributed by atoms with Crippen LogP contribution in [-0.4, -0.2) is 34.1 Å². The van der Waals surface area contributed by atoms with Gasteiger partial charge in [0.25, 0.3) is 0 Å². The lowest BCUT2D eigenvalue weighted by molar-refractivity contribution is 0.769. The van der Waals surface area contributed by atoms with Gasteiger partial charge in [-0.3, -0.25) is 0 Å². The highest BCUT2D eigenvalue weighted by Gasteiger charge is 2.10. The zero-order chi connectivity index (χ0) is 15.0. The van der Waals surface area contributed by atoms with Crippen molar-refractivity contribution in [1.29, 1.82) is 0 Å². The molecule has 1 atom stereocenters. The quantitative estimate of drug-likeness (QED) is 0.722. The summed E-state index contributed by atoms with van der Waals surface area (Å²) in [6.45, 7) is 11.7. The van der Waals surface area contributed by atoms with Gasteiger partial charge in [-0.1, -0.05) is 27.7 Å². The molecule has 0 aliphatic heterocycles. The zero-order valence-corrected chi connectivity index (χ0v) is 14.2. The van der Waals surface area contributed by atoms with E-state index < -0.39 is 0 Å². The van der Waals surface area contributed by atoms with Crippen LogP contribution in [0.15, 0.2) is 6.07 Å². The van der Waals surface area contributed by atoms with E-state index in [0.717, 1.165) is 41.9 Å². The summed E-state index contributed by atoms with van der Waals surface area (Å²) in [5.41, 5.74) is 0. The van der Waals surface area contributed by atoms with Crippen molar-refractivity contribution in [2.75, 3.05) is 28.7 Å². The Labute approximate surface area is 127 Å².